The molecule has 17 heavy (non-hydrogen) atoms. The first-order valence-corrected chi connectivity index (χ1v) is 5.04. The summed E-state index contributed by atoms with van der Waals surface area (Å²) in [4.78, 5) is 34.9. The van der Waals surface area contributed by atoms with Gasteiger partial charge in [-0.25, -0.2) is 0 Å². The van der Waals surface area contributed by atoms with Crippen LogP contribution in [0.15, 0.2) is 24.3 Å². The number of primary amides is 1. The van der Waals surface area contributed by atoms with Crippen LogP contribution < -0.4 is 16.0 Å². The van der Waals surface area contributed by atoms with Gasteiger partial charge in [0, 0.05) is 11.3 Å². The number of rotatable bonds is 2. The van der Waals surface area contributed by atoms with Crippen molar-refractivity contribution in [2.45, 2.75) is 0 Å². The molecule has 88 valence electrons. The Morgan fingerprint density at radius 2 is 1.65 bits per heavy atom. The molecule has 0 aromatic heterocycles. The zero-order valence-electron chi connectivity index (χ0n) is 8.97. The molecule has 0 aliphatic carbocycles. The number of hydrogen-bond acceptors (Lipinski definition) is 4. The standard InChI is InChI=1S/C11H11N3O3/c12-11(17)7-1-3-8(4-2-7)14-5-9(15)13-10(16)6-14/h1-4H,5-6H2,(H2,12,17)(H,13,15,16). The summed E-state index contributed by atoms with van der Waals surface area (Å²) < 4.78 is 0. The normalized spacial score (nSPS) is 15.6. The van der Waals surface area contributed by atoms with Crippen LogP contribution in [0.5, 0.6) is 0 Å². The predicted molar refractivity (Wildman–Crippen MR) is 60.3 cm³/mol. The van der Waals surface area contributed by atoms with E-state index in [9.17, 15) is 14.4 Å². The summed E-state index contributed by atoms with van der Waals surface area (Å²) in [6.07, 6.45) is 0. The Balaban J connectivity index is 2.19. The summed E-state index contributed by atoms with van der Waals surface area (Å²) in [5.74, 6) is -1.18. The average molecular weight is 233 g/mol. The lowest BCUT2D eigenvalue weighted by Crippen LogP contribution is -2.51. The summed E-state index contributed by atoms with van der Waals surface area (Å²) in [6, 6.07) is 6.45. The third-order valence-electron chi connectivity index (χ3n) is 2.46. The van der Waals surface area contributed by atoms with Crippen molar-refractivity contribution in [3.63, 3.8) is 0 Å². The Morgan fingerprint density at radius 1 is 1.12 bits per heavy atom. The highest BCUT2D eigenvalue weighted by Crippen LogP contribution is 2.15. The van der Waals surface area contributed by atoms with Crippen molar-refractivity contribution in [3.8, 4) is 0 Å². The van der Waals surface area contributed by atoms with Crippen LogP contribution in [0.1, 0.15) is 10.4 Å². The number of anilines is 1. The summed E-state index contributed by atoms with van der Waals surface area (Å²) in [5.41, 5.74) is 6.21. The van der Waals surface area contributed by atoms with E-state index in [0.717, 1.165) is 0 Å². The van der Waals surface area contributed by atoms with E-state index in [1.807, 2.05) is 0 Å². The minimum Gasteiger partial charge on any atom is -0.366 e. The quantitative estimate of drug-likeness (QED) is 0.657. The molecule has 0 atom stereocenters. The van der Waals surface area contributed by atoms with Gasteiger partial charge in [-0.1, -0.05) is 0 Å². The van der Waals surface area contributed by atoms with Gasteiger partial charge in [-0.3, -0.25) is 19.7 Å². The largest absolute Gasteiger partial charge is 0.366 e. The van der Waals surface area contributed by atoms with Crippen LogP contribution in [0.4, 0.5) is 5.69 Å². The van der Waals surface area contributed by atoms with E-state index in [1.54, 1.807) is 29.2 Å². The average Bonchev–Trinajstić information content (AvgIpc) is 2.28. The highest BCUT2D eigenvalue weighted by atomic mass is 16.2. The van der Waals surface area contributed by atoms with Crippen molar-refractivity contribution in [2.75, 3.05) is 18.0 Å². The second-order valence-corrected chi connectivity index (χ2v) is 3.74. The van der Waals surface area contributed by atoms with Crippen LogP contribution in [0.25, 0.3) is 0 Å². The first kappa shape index (κ1) is 11.1. The maximum absolute atomic E-state index is 11.2. The molecule has 0 spiro atoms. The van der Waals surface area contributed by atoms with Crippen molar-refractivity contribution in [1.82, 2.24) is 5.32 Å². The summed E-state index contributed by atoms with van der Waals surface area (Å²) in [5, 5.41) is 2.21. The van der Waals surface area contributed by atoms with Gasteiger partial charge in [-0.2, -0.15) is 0 Å². The predicted octanol–water partition coefficient (Wildman–Crippen LogP) is -0.752. The molecule has 1 fully saturated rings. The maximum Gasteiger partial charge on any atom is 0.248 e. The van der Waals surface area contributed by atoms with Crippen molar-refractivity contribution in [1.29, 1.82) is 0 Å². The molecule has 6 heteroatoms. The minimum atomic E-state index is -0.510. The van der Waals surface area contributed by atoms with Gasteiger partial charge in [-0.05, 0) is 24.3 Å². The molecule has 0 bridgehead atoms. The van der Waals surface area contributed by atoms with Crippen LogP contribution in [0.3, 0.4) is 0 Å². The zero-order chi connectivity index (χ0) is 12.4. The van der Waals surface area contributed by atoms with E-state index in [0.29, 0.717) is 11.3 Å². The summed E-state index contributed by atoms with van der Waals surface area (Å²) in [7, 11) is 0. The lowest BCUT2D eigenvalue weighted by Gasteiger charge is -2.27. The van der Waals surface area contributed by atoms with Crippen LogP contribution >= 0.6 is 0 Å². The monoisotopic (exact) mass is 233 g/mol. The molecule has 0 unspecified atom stereocenters. The number of benzene rings is 1. The van der Waals surface area contributed by atoms with Gasteiger partial charge in [0.25, 0.3) is 0 Å². The highest BCUT2D eigenvalue weighted by molar-refractivity contribution is 6.02. The molecule has 6 nitrogen and oxygen atoms in total. The van der Waals surface area contributed by atoms with Crippen molar-refractivity contribution in [2.24, 2.45) is 5.73 Å². The Labute approximate surface area is 97.4 Å². The van der Waals surface area contributed by atoms with E-state index in [1.165, 1.54) is 0 Å². The van der Waals surface area contributed by atoms with Gasteiger partial charge in [0.1, 0.15) is 0 Å². The lowest BCUT2D eigenvalue weighted by molar-refractivity contribution is -0.130. The van der Waals surface area contributed by atoms with Gasteiger partial charge in [0.2, 0.25) is 17.7 Å². The van der Waals surface area contributed by atoms with E-state index in [4.69, 9.17) is 5.73 Å². The van der Waals surface area contributed by atoms with E-state index >= 15 is 0 Å². The zero-order valence-corrected chi connectivity index (χ0v) is 8.97. The molecule has 1 aliphatic heterocycles. The second-order valence-electron chi connectivity index (χ2n) is 3.74. The third kappa shape index (κ3) is 2.41. The first-order valence-electron chi connectivity index (χ1n) is 5.04. The maximum atomic E-state index is 11.2. The number of carbonyl (C=O) groups is 3. The number of hydrogen-bond donors (Lipinski definition) is 2. The molecule has 3 amide bonds. The highest BCUT2D eigenvalue weighted by Gasteiger charge is 2.22. The Morgan fingerprint density at radius 3 is 2.12 bits per heavy atom. The molecule has 1 saturated heterocycles. The van der Waals surface area contributed by atoms with E-state index < -0.39 is 5.91 Å². The molecule has 1 aromatic carbocycles. The van der Waals surface area contributed by atoms with Crippen molar-refractivity contribution < 1.29 is 14.4 Å². The molecular formula is C11H11N3O3. The van der Waals surface area contributed by atoms with E-state index in [-0.39, 0.29) is 24.9 Å². The van der Waals surface area contributed by atoms with Crippen LogP contribution in [0.2, 0.25) is 0 Å². The second kappa shape index (κ2) is 4.25. The number of amides is 3. The number of imide groups is 1. The molecule has 0 saturated carbocycles. The number of nitrogens with one attached hydrogen (secondary N) is 1. The number of nitrogens with two attached hydrogens (primary N) is 1. The van der Waals surface area contributed by atoms with Crippen molar-refractivity contribution in [3.05, 3.63) is 29.8 Å². The Bertz CT molecular complexity index is 465. The van der Waals surface area contributed by atoms with Crippen LogP contribution in [0, 0.1) is 0 Å². The number of nitrogens with zero attached hydrogens (tertiary/aromatic N) is 1. The molecule has 0 radical (unpaired) electrons. The molecule has 1 aromatic rings. The molecule has 1 aliphatic rings. The number of piperazine rings is 1. The Kier molecular flexibility index (Phi) is 2.78. The van der Waals surface area contributed by atoms with Crippen LogP contribution in [-0.2, 0) is 9.59 Å². The minimum absolute atomic E-state index is 0.127. The van der Waals surface area contributed by atoms with Gasteiger partial charge in [0.15, 0.2) is 0 Å². The molecule has 2 rings (SSSR count). The molecular weight excluding hydrogens is 222 g/mol. The Hall–Kier alpha value is -2.37. The lowest BCUT2D eigenvalue weighted by atomic mass is 10.1. The fourth-order valence-electron chi connectivity index (χ4n) is 1.66. The van der Waals surface area contributed by atoms with Crippen molar-refractivity contribution >= 4 is 23.4 Å². The molecule has 1 heterocycles. The SMILES string of the molecule is NC(=O)c1ccc(N2CC(=O)NC(=O)C2)cc1. The van der Waals surface area contributed by atoms with Gasteiger partial charge >= 0.3 is 0 Å². The summed E-state index contributed by atoms with van der Waals surface area (Å²) >= 11 is 0. The van der Waals surface area contributed by atoms with Gasteiger partial charge in [-0.15, -0.1) is 0 Å². The number of carbonyl (C=O) groups excluding carboxylic acids is 3. The fourth-order valence-corrected chi connectivity index (χ4v) is 1.66. The summed E-state index contributed by atoms with van der Waals surface area (Å²) in [6.45, 7) is 0.253. The van der Waals surface area contributed by atoms with Gasteiger partial charge in [0.05, 0.1) is 13.1 Å². The van der Waals surface area contributed by atoms with Gasteiger partial charge < -0.3 is 10.6 Å². The van der Waals surface area contributed by atoms with E-state index in [2.05, 4.69) is 5.32 Å². The fraction of sp³-hybridized carbons (Fsp3) is 0.182. The topological polar surface area (TPSA) is 92.5 Å². The van der Waals surface area contributed by atoms with Crippen LogP contribution in [-0.4, -0.2) is 30.8 Å². The molecule has 3 N–H and O–H groups in total. The first-order chi connectivity index (χ1) is 8.06. The third-order valence-corrected chi connectivity index (χ3v) is 2.46. The smallest absolute Gasteiger partial charge is 0.248 e.